The Labute approximate surface area is 116 Å². The molecule has 0 bridgehead atoms. The van der Waals surface area contributed by atoms with Crippen molar-refractivity contribution in [3.05, 3.63) is 46.5 Å². The number of hydrogen-bond donors (Lipinski definition) is 3. The van der Waals surface area contributed by atoms with Crippen LogP contribution in [0.15, 0.2) is 35.1 Å². The summed E-state index contributed by atoms with van der Waals surface area (Å²) in [6.07, 6.45) is 3.59. The van der Waals surface area contributed by atoms with Crippen molar-refractivity contribution in [3.8, 4) is 17.0 Å². The van der Waals surface area contributed by atoms with Crippen molar-refractivity contribution in [1.29, 1.82) is 0 Å². The van der Waals surface area contributed by atoms with Gasteiger partial charge in [-0.15, -0.1) is 0 Å². The molecule has 1 aromatic carbocycles. The Bertz CT molecular complexity index is 673. The number of aromatic amines is 1. The van der Waals surface area contributed by atoms with Crippen LogP contribution in [0.3, 0.4) is 0 Å². The minimum absolute atomic E-state index is 0.191. The summed E-state index contributed by atoms with van der Waals surface area (Å²) in [5.74, 6) is 0.129. The lowest BCUT2D eigenvalue weighted by Crippen LogP contribution is -2.37. The lowest BCUT2D eigenvalue weighted by atomic mass is 9.98. The summed E-state index contributed by atoms with van der Waals surface area (Å²) in [6.45, 7) is 0. The molecule has 1 aliphatic rings. The van der Waals surface area contributed by atoms with Gasteiger partial charge in [-0.25, -0.2) is 0 Å². The monoisotopic (exact) mass is 271 g/mol. The lowest BCUT2D eigenvalue weighted by Gasteiger charge is -2.22. The molecule has 0 aliphatic heterocycles. The third-order valence-electron chi connectivity index (χ3n) is 3.93. The van der Waals surface area contributed by atoms with Gasteiger partial charge in [-0.1, -0.05) is 43.2 Å². The van der Waals surface area contributed by atoms with Gasteiger partial charge in [0.05, 0.1) is 5.54 Å². The second kappa shape index (κ2) is 4.76. The minimum Gasteiger partial charge on any atom is -0.493 e. The number of benzene rings is 1. The molecule has 1 aliphatic carbocycles. The Kier molecular flexibility index (Phi) is 3.06. The van der Waals surface area contributed by atoms with Crippen LogP contribution in [0.2, 0.25) is 0 Å². The summed E-state index contributed by atoms with van der Waals surface area (Å²) in [5.41, 5.74) is 6.12. The molecule has 1 saturated carbocycles. The maximum absolute atomic E-state index is 12.2. The molecule has 5 nitrogen and oxygen atoms in total. The topological polar surface area (TPSA) is 92.0 Å². The molecule has 0 amide bonds. The SMILES string of the molecule is NC1(c2nc(O)c(-c3ccccc3)c(=O)[nH]2)CCCC1. The van der Waals surface area contributed by atoms with Crippen LogP contribution in [0, 0.1) is 0 Å². The summed E-state index contributed by atoms with van der Waals surface area (Å²) in [4.78, 5) is 19.1. The number of H-pyrrole nitrogens is 1. The Hall–Kier alpha value is -2.14. The van der Waals surface area contributed by atoms with Gasteiger partial charge in [0.2, 0.25) is 5.88 Å². The second-order valence-electron chi connectivity index (χ2n) is 5.34. The van der Waals surface area contributed by atoms with Crippen LogP contribution >= 0.6 is 0 Å². The highest BCUT2D eigenvalue weighted by atomic mass is 16.3. The zero-order valence-electron chi connectivity index (χ0n) is 11.1. The normalized spacial score (nSPS) is 17.2. The van der Waals surface area contributed by atoms with Crippen molar-refractivity contribution in [1.82, 2.24) is 9.97 Å². The summed E-state index contributed by atoms with van der Waals surface area (Å²) in [7, 11) is 0. The number of nitrogens with two attached hydrogens (primary N) is 1. The summed E-state index contributed by atoms with van der Waals surface area (Å²) >= 11 is 0. The fourth-order valence-electron chi connectivity index (χ4n) is 2.80. The fourth-order valence-corrected chi connectivity index (χ4v) is 2.80. The molecule has 1 heterocycles. The molecule has 3 rings (SSSR count). The third-order valence-corrected chi connectivity index (χ3v) is 3.93. The van der Waals surface area contributed by atoms with Gasteiger partial charge in [-0.2, -0.15) is 4.98 Å². The van der Waals surface area contributed by atoms with E-state index in [1.807, 2.05) is 18.2 Å². The first-order valence-electron chi connectivity index (χ1n) is 6.78. The highest BCUT2D eigenvalue weighted by Crippen LogP contribution is 2.35. The van der Waals surface area contributed by atoms with E-state index in [2.05, 4.69) is 9.97 Å². The fraction of sp³-hybridized carbons (Fsp3) is 0.333. The molecule has 20 heavy (non-hydrogen) atoms. The van der Waals surface area contributed by atoms with E-state index in [-0.39, 0.29) is 17.0 Å². The number of nitrogens with zero attached hydrogens (tertiary/aromatic N) is 1. The van der Waals surface area contributed by atoms with Gasteiger partial charge in [-0.05, 0) is 18.4 Å². The molecule has 0 radical (unpaired) electrons. The Morgan fingerprint density at radius 3 is 2.45 bits per heavy atom. The number of aromatic hydroxyl groups is 1. The molecular weight excluding hydrogens is 254 g/mol. The van der Waals surface area contributed by atoms with E-state index in [0.29, 0.717) is 11.4 Å². The Morgan fingerprint density at radius 2 is 1.85 bits per heavy atom. The van der Waals surface area contributed by atoms with E-state index >= 15 is 0 Å². The van der Waals surface area contributed by atoms with Gasteiger partial charge >= 0.3 is 0 Å². The average molecular weight is 271 g/mol. The van der Waals surface area contributed by atoms with Crippen LogP contribution in [0.5, 0.6) is 5.88 Å². The predicted molar refractivity (Wildman–Crippen MR) is 76.3 cm³/mol. The van der Waals surface area contributed by atoms with E-state index in [1.54, 1.807) is 12.1 Å². The molecule has 104 valence electrons. The number of nitrogens with one attached hydrogen (secondary N) is 1. The Balaban J connectivity index is 2.10. The summed E-state index contributed by atoms with van der Waals surface area (Å²) in [5, 5.41) is 10.1. The lowest BCUT2D eigenvalue weighted by molar-refractivity contribution is 0.402. The quantitative estimate of drug-likeness (QED) is 0.777. The van der Waals surface area contributed by atoms with E-state index in [1.165, 1.54) is 0 Å². The molecule has 0 atom stereocenters. The maximum Gasteiger partial charge on any atom is 0.262 e. The van der Waals surface area contributed by atoms with Crippen molar-refractivity contribution in [2.45, 2.75) is 31.2 Å². The van der Waals surface area contributed by atoms with Crippen molar-refractivity contribution in [2.75, 3.05) is 0 Å². The Morgan fingerprint density at radius 1 is 1.20 bits per heavy atom. The molecule has 0 saturated heterocycles. The van der Waals surface area contributed by atoms with Crippen molar-refractivity contribution < 1.29 is 5.11 Å². The van der Waals surface area contributed by atoms with Crippen molar-refractivity contribution in [3.63, 3.8) is 0 Å². The summed E-state index contributed by atoms with van der Waals surface area (Å²) < 4.78 is 0. The van der Waals surface area contributed by atoms with Gasteiger partial charge in [0, 0.05) is 0 Å². The molecule has 2 aromatic rings. The average Bonchev–Trinajstić information content (AvgIpc) is 2.87. The highest BCUT2D eigenvalue weighted by molar-refractivity contribution is 5.67. The first-order valence-corrected chi connectivity index (χ1v) is 6.78. The molecule has 1 aromatic heterocycles. The van der Waals surface area contributed by atoms with Crippen LogP contribution in [-0.4, -0.2) is 15.1 Å². The predicted octanol–water partition coefficient (Wildman–Crippen LogP) is 1.87. The van der Waals surface area contributed by atoms with Crippen molar-refractivity contribution in [2.24, 2.45) is 5.73 Å². The highest BCUT2D eigenvalue weighted by Gasteiger charge is 2.34. The maximum atomic E-state index is 12.2. The van der Waals surface area contributed by atoms with Gasteiger partial charge in [0.15, 0.2) is 0 Å². The van der Waals surface area contributed by atoms with Crippen LogP contribution in [0.1, 0.15) is 31.5 Å². The van der Waals surface area contributed by atoms with Crippen LogP contribution in [0.25, 0.3) is 11.1 Å². The standard InChI is InChI=1S/C15H17N3O2/c16-15(8-4-5-9-15)14-17-12(19)11(13(20)18-14)10-6-2-1-3-7-10/h1-3,6-7H,4-5,8-9,16H2,(H2,17,18,19,20). The molecule has 5 heteroatoms. The first-order chi connectivity index (χ1) is 9.60. The number of rotatable bonds is 2. The van der Waals surface area contributed by atoms with E-state index in [4.69, 9.17) is 5.73 Å². The summed E-state index contributed by atoms with van der Waals surface area (Å²) in [6, 6.07) is 9.00. The number of hydrogen-bond acceptors (Lipinski definition) is 4. The molecule has 4 N–H and O–H groups in total. The van der Waals surface area contributed by atoms with E-state index < -0.39 is 5.54 Å². The zero-order chi connectivity index (χ0) is 14.2. The third kappa shape index (κ3) is 2.10. The molecule has 0 spiro atoms. The van der Waals surface area contributed by atoms with Crippen LogP contribution < -0.4 is 11.3 Å². The van der Waals surface area contributed by atoms with E-state index in [9.17, 15) is 9.90 Å². The molecular formula is C15H17N3O2. The van der Waals surface area contributed by atoms with E-state index in [0.717, 1.165) is 25.7 Å². The van der Waals surface area contributed by atoms with Crippen molar-refractivity contribution >= 4 is 0 Å². The zero-order valence-corrected chi connectivity index (χ0v) is 11.1. The number of aromatic nitrogens is 2. The van der Waals surface area contributed by atoms with Gasteiger partial charge < -0.3 is 15.8 Å². The van der Waals surface area contributed by atoms with Crippen LogP contribution in [-0.2, 0) is 5.54 Å². The van der Waals surface area contributed by atoms with Gasteiger partial charge in [-0.3, -0.25) is 4.79 Å². The largest absolute Gasteiger partial charge is 0.493 e. The minimum atomic E-state index is -0.619. The molecule has 0 unspecified atom stereocenters. The molecule has 1 fully saturated rings. The van der Waals surface area contributed by atoms with Gasteiger partial charge in [0.25, 0.3) is 5.56 Å². The smallest absolute Gasteiger partial charge is 0.262 e. The second-order valence-corrected chi connectivity index (χ2v) is 5.34. The van der Waals surface area contributed by atoms with Crippen LogP contribution in [0.4, 0.5) is 0 Å². The van der Waals surface area contributed by atoms with Gasteiger partial charge in [0.1, 0.15) is 11.4 Å². The first kappa shape index (κ1) is 12.9.